The number of rotatable bonds is 5. The van der Waals surface area contributed by atoms with Crippen molar-refractivity contribution < 1.29 is 22.7 Å². The van der Waals surface area contributed by atoms with Crippen LogP contribution in [-0.4, -0.2) is 10.9 Å². The fraction of sp³-hybridized carbons (Fsp3) is 0.0870. The van der Waals surface area contributed by atoms with Crippen LogP contribution in [0.5, 0.6) is 5.75 Å². The van der Waals surface area contributed by atoms with Gasteiger partial charge in [0, 0.05) is 17.0 Å². The molecule has 0 aliphatic rings. The van der Waals surface area contributed by atoms with Crippen LogP contribution in [0.4, 0.5) is 18.9 Å². The third-order valence-corrected chi connectivity index (χ3v) is 4.57. The van der Waals surface area contributed by atoms with Crippen LogP contribution in [0, 0.1) is 0 Å². The van der Waals surface area contributed by atoms with Crippen molar-refractivity contribution in [2.75, 3.05) is 5.32 Å². The zero-order valence-electron chi connectivity index (χ0n) is 15.7. The van der Waals surface area contributed by atoms with Crippen LogP contribution in [0.25, 0.3) is 10.9 Å². The summed E-state index contributed by atoms with van der Waals surface area (Å²) in [6.45, 7) is 0.397. The van der Waals surface area contributed by atoms with Crippen LogP contribution in [0.1, 0.15) is 21.6 Å². The largest absolute Gasteiger partial charge is 0.489 e. The number of hydrogen-bond donors (Lipinski definition) is 2. The highest BCUT2D eigenvalue weighted by Gasteiger charge is 2.33. The minimum absolute atomic E-state index is 0.155. The second kappa shape index (κ2) is 7.94. The van der Waals surface area contributed by atoms with Crippen LogP contribution in [-0.2, 0) is 12.8 Å². The van der Waals surface area contributed by atoms with Gasteiger partial charge in [-0.1, -0.05) is 42.5 Å². The molecule has 0 atom stereocenters. The molecule has 0 bridgehead atoms. The van der Waals surface area contributed by atoms with Crippen molar-refractivity contribution in [3.63, 3.8) is 0 Å². The molecule has 4 aromatic rings. The number of hydrogen-bond acceptors (Lipinski definition) is 2. The first-order valence-electron chi connectivity index (χ1n) is 9.17. The van der Waals surface area contributed by atoms with Crippen molar-refractivity contribution in [3.8, 4) is 5.75 Å². The van der Waals surface area contributed by atoms with Gasteiger partial charge in [-0.05, 0) is 35.9 Å². The van der Waals surface area contributed by atoms with Gasteiger partial charge in [0.1, 0.15) is 18.1 Å². The molecule has 0 unspecified atom stereocenters. The van der Waals surface area contributed by atoms with Crippen LogP contribution in [0.15, 0.2) is 78.9 Å². The Bertz CT molecular complexity index is 1180. The number of alkyl halides is 3. The van der Waals surface area contributed by atoms with Crippen molar-refractivity contribution in [3.05, 3.63) is 95.7 Å². The quantitative estimate of drug-likeness (QED) is 0.423. The lowest BCUT2D eigenvalue weighted by Crippen LogP contribution is -2.16. The van der Waals surface area contributed by atoms with Gasteiger partial charge >= 0.3 is 6.18 Å². The maximum atomic E-state index is 13.1. The summed E-state index contributed by atoms with van der Waals surface area (Å²) < 4.78 is 45.2. The SMILES string of the molecule is O=C(Nc1ccccc1C(F)(F)F)c1cc2ccc(OCc3ccccc3)cc2[nH]1. The third-order valence-electron chi connectivity index (χ3n) is 4.57. The summed E-state index contributed by atoms with van der Waals surface area (Å²) in [5.74, 6) is -0.0442. The molecule has 1 heterocycles. The van der Waals surface area contributed by atoms with E-state index in [1.807, 2.05) is 30.3 Å². The number of para-hydroxylation sites is 1. The summed E-state index contributed by atoms with van der Waals surface area (Å²) in [4.78, 5) is 15.5. The molecule has 0 fully saturated rings. The summed E-state index contributed by atoms with van der Waals surface area (Å²) >= 11 is 0. The number of fused-ring (bicyclic) bond motifs is 1. The number of halogens is 3. The summed E-state index contributed by atoms with van der Waals surface area (Å²) in [6, 6.07) is 21.4. The number of nitrogens with one attached hydrogen (secondary N) is 2. The van der Waals surface area contributed by atoms with Crippen molar-refractivity contribution in [1.29, 1.82) is 0 Å². The fourth-order valence-electron chi connectivity index (χ4n) is 3.09. The minimum atomic E-state index is -4.56. The molecular formula is C23H17F3N2O2. The van der Waals surface area contributed by atoms with Gasteiger partial charge in [0.05, 0.1) is 11.3 Å². The molecule has 152 valence electrons. The highest BCUT2D eigenvalue weighted by atomic mass is 19.4. The molecule has 4 rings (SSSR count). The summed E-state index contributed by atoms with van der Waals surface area (Å²) in [6.07, 6.45) is -4.56. The number of aromatic nitrogens is 1. The topological polar surface area (TPSA) is 54.1 Å². The molecule has 0 spiro atoms. The number of anilines is 1. The second-order valence-corrected chi connectivity index (χ2v) is 6.70. The molecule has 0 radical (unpaired) electrons. The molecule has 0 saturated heterocycles. The second-order valence-electron chi connectivity index (χ2n) is 6.70. The fourth-order valence-corrected chi connectivity index (χ4v) is 3.09. The van der Waals surface area contributed by atoms with Gasteiger partial charge in [-0.3, -0.25) is 4.79 Å². The van der Waals surface area contributed by atoms with Crippen molar-refractivity contribution >= 4 is 22.5 Å². The zero-order chi connectivity index (χ0) is 21.1. The first-order chi connectivity index (χ1) is 14.4. The van der Waals surface area contributed by atoms with Gasteiger partial charge in [0.25, 0.3) is 5.91 Å². The highest BCUT2D eigenvalue weighted by molar-refractivity contribution is 6.06. The molecule has 30 heavy (non-hydrogen) atoms. The van der Waals surface area contributed by atoms with Crippen molar-refractivity contribution in [2.24, 2.45) is 0 Å². The van der Waals surface area contributed by atoms with Crippen LogP contribution >= 0.6 is 0 Å². The maximum Gasteiger partial charge on any atom is 0.418 e. The number of aromatic amines is 1. The number of carbonyl (C=O) groups is 1. The highest BCUT2D eigenvalue weighted by Crippen LogP contribution is 2.34. The Kier molecular flexibility index (Phi) is 5.18. The first kappa shape index (κ1) is 19.6. The van der Waals surface area contributed by atoms with E-state index in [2.05, 4.69) is 10.3 Å². The van der Waals surface area contributed by atoms with E-state index in [1.54, 1.807) is 24.3 Å². The predicted octanol–water partition coefficient (Wildman–Crippen LogP) is 6.02. The van der Waals surface area contributed by atoms with E-state index in [4.69, 9.17) is 4.74 Å². The first-order valence-corrected chi connectivity index (χ1v) is 9.17. The Labute approximate surface area is 170 Å². The Morgan fingerprint density at radius 1 is 0.933 bits per heavy atom. The molecule has 7 heteroatoms. The van der Waals surface area contributed by atoms with Crippen molar-refractivity contribution in [1.82, 2.24) is 4.98 Å². The third kappa shape index (κ3) is 4.30. The Hall–Kier alpha value is -3.74. The predicted molar refractivity (Wildman–Crippen MR) is 108 cm³/mol. The average Bonchev–Trinajstić information content (AvgIpc) is 3.16. The van der Waals surface area contributed by atoms with Gasteiger partial charge in [0.15, 0.2) is 0 Å². The van der Waals surface area contributed by atoms with E-state index in [9.17, 15) is 18.0 Å². The van der Waals surface area contributed by atoms with Crippen LogP contribution < -0.4 is 10.1 Å². The van der Waals surface area contributed by atoms with Gasteiger partial charge in [-0.2, -0.15) is 13.2 Å². The summed E-state index contributed by atoms with van der Waals surface area (Å²) in [5, 5.41) is 3.08. The lowest BCUT2D eigenvalue weighted by molar-refractivity contribution is -0.136. The van der Waals surface area contributed by atoms with Gasteiger partial charge in [-0.15, -0.1) is 0 Å². The van der Waals surface area contributed by atoms with Crippen LogP contribution in [0.2, 0.25) is 0 Å². The van der Waals surface area contributed by atoms with E-state index < -0.39 is 17.6 Å². The van der Waals surface area contributed by atoms with E-state index in [0.29, 0.717) is 17.9 Å². The van der Waals surface area contributed by atoms with Gasteiger partial charge in [0.2, 0.25) is 0 Å². The van der Waals surface area contributed by atoms with E-state index in [-0.39, 0.29) is 11.4 Å². The minimum Gasteiger partial charge on any atom is -0.489 e. The molecule has 3 aromatic carbocycles. The number of ether oxygens (including phenoxy) is 1. The van der Waals surface area contributed by atoms with E-state index in [1.165, 1.54) is 18.2 Å². The summed E-state index contributed by atoms with van der Waals surface area (Å²) in [7, 11) is 0. The smallest absolute Gasteiger partial charge is 0.418 e. The maximum absolute atomic E-state index is 13.1. The molecule has 0 aliphatic carbocycles. The monoisotopic (exact) mass is 410 g/mol. The van der Waals surface area contributed by atoms with E-state index in [0.717, 1.165) is 17.0 Å². The standard InChI is InChI=1S/C23H17F3N2O2/c24-23(25,26)18-8-4-5-9-19(18)28-22(29)21-12-16-10-11-17(13-20(16)27-21)30-14-15-6-2-1-3-7-15/h1-13,27H,14H2,(H,28,29). The Morgan fingerprint density at radius 3 is 2.43 bits per heavy atom. The lowest BCUT2D eigenvalue weighted by Gasteiger charge is -2.12. The normalized spacial score (nSPS) is 11.4. The molecule has 0 aliphatic heterocycles. The van der Waals surface area contributed by atoms with Gasteiger partial charge in [-0.25, -0.2) is 0 Å². The Balaban J connectivity index is 1.52. The summed E-state index contributed by atoms with van der Waals surface area (Å²) in [5.41, 5.74) is 0.635. The molecule has 4 nitrogen and oxygen atoms in total. The molecular weight excluding hydrogens is 393 g/mol. The molecule has 2 N–H and O–H groups in total. The number of amides is 1. The lowest BCUT2D eigenvalue weighted by atomic mass is 10.1. The number of H-pyrrole nitrogens is 1. The van der Waals surface area contributed by atoms with Gasteiger partial charge < -0.3 is 15.0 Å². The number of benzene rings is 3. The van der Waals surface area contributed by atoms with Crippen LogP contribution in [0.3, 0.4) is 0 Å². The molecule has 0 saturated carbocycles. The molecule has 1 amide bonds. The Morgan fingerprint density at radius 2 is 1.67 bits per heavy atom. The zero-order valence-corrected chi connectivity index (χ0v) is 15.7. The number of carbonyl (C=O) groups excluding carboxylic acids is 1. The van der Waals surface area contributed by atoms with E-state index >= 15 is 0 Å². The van der Waals surface area contributed by atoms with Crippen molar-refractivity contribution in [2.45, 2.75) is 12.8 Å². The average molecular weight is 410 g/mol. The molecule has 1 aromatic heterocycles.